The van der Waals surface area contributed by atoms with Gasteiger partial charge in [0.1, 0.15) is 11.4 Å². The van der Waals surface area contributed by atoms with Crippen LogP contribution in [0, 0.1) is 0 Å². The van der Waals surface area contributed by atoms with Gasteiger partial charge in [-0.2, -0.15) is 0 Å². The number of benzene rings is 1. The molecule has 1 aromatic heterocycles. The third-order valence-electron chi connectivity index (χ3n) is 5.64. The highest BCUT2D eigenvalue weighted by Crippen LogP contribution is 2.32. The molecule has 8 nitrogen and oxygen atoms in total. The maximum absolute atomic E-state index is 12.1. The first-order valence-corrected chi connectivity index (χ1v) is 10.8. The first-order valence-electron chi connectivity index (χ1n) is 10.4. The maximum atomic E-state index is 12.1. The molecule has 31 heavy (non-hydrogen) atoms. The summed E-state index contributed by atoms with van der Waals surface area (Å²) >= 11 is 6.34. The van der Waals surface area contributed by atoms with Gasteiger partial charge in [0.15, 0.2) is 11.3 Å². The predicted octanol–water partition coefficient (Wildman–Crippen LogP) is 2.53. The summed E-state index contributed by atoms with van der Waals surface area (Å²) in [5.74, 6) is 0.381. The van der Waals surface area contributed by atoms with Crippen molar-refractivity contribution in [2.45, 2.75) is 26.0 Å². The van der Waals surface area contributed by atoms with Crippen molar-refractivity contribution >= 4 is 34.8 Å². The molecule has 1 saturated heterocycles. The average molecular weight is 444 g/mol. The van der Waals surface area contributed by atoms with Crippen LogP contribution in [0.2, 0.25) is 5.15 Å². The third kappa shape index (κ3) is 4.60. The van der Waals surface area contributed by atoms with Crippen molar-refractivity contribution in [1.29, 1.82) is 0 Å². The normalized spacial score (nSPS) is 18.7. The molecule has 0 spiro atoms. The molecule has 1 aromatic carbocycles. The van der Waals surface area contributed by atoms with Gasteiger partial charge < -0.3 is 20.3 Å². The van der Waals surface area contributed by atoms with Gasteiger partial charge in [-0.05, 0) is 36.2 Å². The van der Waals surface area contributed by atoms with Crippen LogP contribution in [0.25, 0.3) is 0 Å². The smallest absolute Gasteiger partial charge is 0.269 e. The van der Waals surface area contributed by atoms with Gasteiger partial charge in [0.05, 0.1) is 11.4 Å². The van der Waals surface area contributed by atoms with E-state index in [0.29, 0.717) is 17.3 Å². The third-order valence-corrected chi connectivity index (χ3v) is 5.92. The summed E-state index contributed by atoms with van der Waals surface area (Å²) in [6, 6.07) is 9.52. The molecule has 0 bridgehead atoms. The van der Waals surface area contributed by atoms with E-state index in [4.69, 9.17) is 16.3 Å². The lowest BCUT2D eigenvalue weighted by atomic mass is 10.1. The monoisotopic (exact) mass is 443 g/mol. The van der Waals surface area contributed by atoms with Crippen LogP contribution in [-0.2, 0) is 11.3 Å². The minimum atomic E-state index is -0.418. The zero-order valence-corrected chi connectivity index (χ0v) is 18.4. The first-order chi connectivity index (χ1) is 15.0. The van der Waals surface area contributed by atoms with Crippen LogP contribution in [0.1, 0.15) is 29.4 Å². The fourth-order valence-electron chi connectivity index (χ4n) is 3.89. The standard InChI is InChI=1S/C22H26ClN5O3/c1-3-18-22(30)26-16-12-14(4-7-19(16)31-18)13-27-8-10-28(11-9-27)17-6-5-15(21(29)24-2)25-20(17)23/h4-7,12,18H,3,8-11,13H2,1-2H3,(H,24,29)(H,26,30)/t18-/m1/s1. The second-order valence-electron chi connectivity index (χ2n) is 7.68. The van der Waals surface area contributed by atoms with E-state index in [-0.39, 0.29) is 11.8 Å². The Morgan fingerprint density at radius 1 is 1.26 bits per heavy atom. The number of aromatic nitrogens is 1. The Balaban J connectivity index is 1.36. The van der Waals surface area contributed by atoms with E-state index in [9.17, 15) is 9.59 Å². The molecule has 1 atom stereocenters. The SMILES string of the molecule is CC[C@H]1Oc2ccc(CN3CCN(c4ccc(C(=O)NC)nc4Cl)CC3)cc2NC1=O. The van der Waals surface area contributed by atoms with E-state index < -0.39 is 6.10 Å². The number of anilines is 2. The average Bonchev–Trinajstić information content (AvgIpc) is 2.78. The van der Waals surface area contributed by atoms with E-state index >= 15 is 0 Å². The topological polar surface area (TPSA) is 86.8 Å². The van der Waals surface area contributed by atoms with Crippen molar-refractivity contribution in [1.82, 2.24) is 15.2 Å². The highest BCUT2D eigenvalue weighted by atomic mass is 35.5. The van der Waals surface area contributed by atoms with Gasteiger partial charge in [0.2, 0.25) is 0 Å². The highest BCUT2D eigenvalue weighted by molar-refractivity contribution is 6.32. The zero-order valence-electron chi connectivity index (χ0n) is 17.7. The predicted molar refractivity (Wildman–Crippen MR) is 120 cm³/mol. The van der Waals surface area contributed by atoms with Crippen LogP contribution in [0.3, 0.4) is 0 Å². The molecular formula is C22H26ClN5O3. The molecule has 1 fully saturated rings. The molecule has 2 aromatic rings. The van der Waals surface area contributed by atoms with Gasteiger partial charge in [-0.1, -0.05) is 24.6 Å². The van der Waals surface area contributed by atoms with Gasteiger partial charge in [0.25, 0.3) is 11.8 Å². The number of hydrogen-bond donors (Lipinski definition) is 2. The van der Waals surface area contributed by atoms with Crippen molar-refractivity contribution < 1.29 is 14.3 Å². The lowest BCUT2D eigenvalue weighted by Gasteiger charge is -2.36. The summed E-state index contributed by atoms with van der Waals surface area (Å²) in [6.45, 7) is 6.07. The van der Waals surface area contributed by atoms with Crippen LogP contribution in [0.4, 0.5) is 11.4 Å². The van der Waals surface area contributed by atoms with E-state index in [1.54, 1.807) is 13.1 Å². The number of piperazine rings is 1. The molecule has 164 valence electrons. The van der Waals surface area contributed by atoms with Crippen molar-refractivity contribution in [2.24, 2.45) is 0 Å². The number of nitrogens with zero attached hydrogens (tertiary/aromatic N) is 3. The summed E-state index contributed by atoms with van der Waals surface area (Å²) in [4.78, 5) is 32.6. The number of pyridine rings is 1. The van der Waals surface area contributed by atoms with Crippen LogP contribution in [0.5, 0.6) is 5.75 Å². The number of ether oxygens (including phenoxy) is 1. The van der Waals surface area contributed by atoms with E-state index in [0.717, 1.165) is 55.4 Å². The van der Waals surface area contributed by atoms with E-state index in [1.807, 2.05) is 31.2 Å². The summed E-state index contributed by atoms with van der Waals surface area (Å²) in [7, 11) is 1.57. The maximum Gasteiger partial charge on any atom is 0.269 e. The molecular weight excluding hydrogens is 418 g/mol. The van der Waals surface area contributed by atoms with E-state index in [1.165, 1.54) is 0 Å². The molecule has 2 aliphatic rings. The molecule has 3 heterocycles. The Kier molecular flexibility index (Phi) is 6.29. The second kappa shape index (κ2) is 9.11. The number of fused-ring (bicyclic) bond motifs is 1. The van der Waals surface area contributed by atoms with Gasteiger partial charge in [-0.3, -0.25) is 14.5 Å². The second-order valence-corrected chi connectivity index (χ2v) is 8.04. The van der Waals surface area contributed by atoms with Gasteiger partial charge in [-0.15, -0.1) is 0 Å². The minimum Gasteiger partial charge on any atom is -0.478 e. The van der Waals surface area contributed by atoms with Crippen molar-refractivity contribution in [3.05, 3.63) is 46.7 Å². The number of amides is 2. The first kappa shape index (κ1) is 21.4. The number of carbonyl (C=O) groups is 2. The molecule has 2 N–H and O–H groups in total. The number of nitrogens with one attached hydrogen (secondary N) is 2. The summed E-state index contributed by atoms with van der Waals surface area (Å²) in [5, 5.41) is 5.84. The Morgan fingerprint density at radius 3 is 2.71 bits per heavy atom. The Bertz CT molecular complexity index is 991. The number of carbonyl (C=O) groups excluding carboxylic acids is 2. The summed E-state index contributed by atoms with van der Waals surface area (Å²) in [5.41, 5.74) is 3.01. The molecule has 9 heteroatoms. The molecule has 0 aliphatic carbocycles. The zero-order chi connectivity index (χ0) is 22.0. The molecule has 4 rings (SSSR count). The summed E-state index contributed by atoms with van der Waals surface area (Å²) < 4.78 is 5.77. The lowest BCUT2D eigenvalue weighted by molar-refractivity contribution is -0.123. The van der Waals surface area contributed by atoms with Crippen molar-refractivity contribution in [3.8, 4) is 5.75 Å². The Hall–Kier alpha value is -2.84. The molecule has 2 aliphatic heterocycles. The largest absolute Gasteiger partial charge is 0.478 e. The fourth-order valence-corrected chi connectivity index (χ4v) is 4.16. The number of halogens is 1. The number of rotatable bonds is 5. The number of hydrogen-bond acceptors (Lipinski definition) is 6. The molecule has 2 amide bonds. The van der Waals surface area contributed by atoms with Crippen LogP contribution in [0.15, 0.2) is 30.3 Å². The van der Waals surface area contributed by atoms with Gasteiger partial charge >= 0.3 is 0 Å². The fraction of sp³-hybridized carbons (Fsp3) is 0.409. The summed E-state index contributed by atoms with van der Waals surface area (Å²) in [6.07, 6.45) is 0.226. The van der Waals surface area contributed by atoms with E-state index in [2.05, 4.69) is 25.4 Å². The lowest BCUT2D eigenvalue weighted by Crippen LogP contribution is -2.46. The Morgan fingerprint density at radius 2 is 2.03 bits per heavy atom. The Labute approximate surface area is 186 Å². The molecule has 0 unspecified atom stereocenters. The van der Waals surface area contributed by atoms with Crippen molar-refractivity contribution in [2.75, 3.05) is 43.4 Å². The quantitative estimate of drug-likeness (QED) is 0.690. The van der Waals surface area contributed by atoms with Gasteiger partial charge in [0, 0.05) is 39.8 Å². The van der Waals surface area contributed by atoms with Crippen LogP contribution < -0.4 is 20.3 Å². The molecule has 0 radical (unpaired) electrons. The minimum absolute atomic E-state index is 0.0892. The highest BCUT2D eigenvalue weighted by Gasteiger charge is 2.26. The van der Waals surface area contributed by atoms with Crippen molar-refractivity contribution in [3.63, 3.8) is 0 Å². The molecule has 0 saturated carbocycles. The van der Waals surface area contributed by atoms with Crippen LogP contribution in [-0.4, -0.2) is 61.0 Å². The van der Waals surface area contributed by atoms with Crippen LogP contribution >= 0.6 is 11.6 Å². The van der Waals surface area contributed by atoms with Gasteiger partial charge in [-0.25, -0.2) is 4.98 Å².